The summed E-state index contributed by atoms with van der Waals surface area (Å²) in [7, 11) is 1.49. The van der Waals surface area contributed by atoms with Crippen LogP contribution in [0.4, 0.5) is 5.69 Å². The molecule has 1 aliphatic heterocycles. The lowest BCUT2D eigenvalue weighted by Gasteiger charge is -2.26. The third kappa shape index (κ3) is 3.57. The van der Waals surface area contributed by atoms with Crippen LogP contribution in [0.3, 0.4) is 0 Å². The summed E-state index contributed by atoms with van der Waals surface area (Å²) >= 11 is 6.32. The molecule has 1 aliphatic rings. The molecule has 0 aliphatic carbocycles. The second kappa shape index (κ2) is 8.28. The first kappa shape index (κ1) is 20.7. The molecule has 4 rings (SSSR count). The zero-order valence-corrected chi connectivity index (χ0v) is 17.8. The van der Waals surface area contributed by atoms with Gasteiger partial charge in [0.15, 0.2) is 0 Å². The van der Waals surface area contributed by atoms with Crippen LogP contribution in [0, 0.1) is 6.92 Å². The molecule has 0 spiro atoms. The molecule has 3 aromatic carbocycles. The number of rotatable bonds is 4. The van der Waals surface area contributed by atoms with E-state index in [2.05, 4.69) is 0 Å². The number of nitrogens with zero attached hydrogens (tertiary/aromatic N) is 1. The molecule has 0 bridgehead atoms. The van der Waals surface area contributed by atoms with Crippen molar-refractivity contribution in [3.05, 3.63) is 100 Å². The van der Waals surface area contributed by atoms with Crippen molar-refractivity contribution in [2.75, 3.05) is 12.0 Å². The molecule has 156 valence electrons. The third-order valence-corrected chi connectivity index (χ3v) is 5.69. The molecule has 1 saturated heterocycles. The van der Waals surface area contributed by atoms with Crippen LogP contribution in [0.15, 0.2) is 78.4 Å². The summed E-state index contributed by atoms with van der Waals surface area (Å²) in [6.07, 6.45) is 0. The lowest BCUT2D eigenvalue weighted by molar-refractivity contribution is -0.132. The molecule has 1 atom stereocenters. The number of hydrogen-bond donors (Lipinski definition) is 1. The number of amides is 1. The second-order valence-electron chi connectivity index (χ2n) is 7.21. The van der Waals surface area contributed by atoms with Gasteiger partial charge in [-0.15, -0.1) is 0 Å². The van der Waals surface area contributed by atoms with Gasteiger partial charge < -0.3 is 9.84 Å². The van der Waals surface area contributed by atoms with Crippen molar-refractivity contribution in [2.24, 2.45) is 0 Å². The summed E-state index contributed by atoms with van der Waals surface area (Å²) in [4.78, 5) is 27.8. The average molecular weight is 434 g/mol. The minimum atomic E-state index is -0.801. The number of ether oxygens (including phenoxy) is 1. The largest absolute Gasteiger partial charge is 0.507 e. The van der Waals surface area contributed by atoms with Crippen LogP contribution in [-0.4, -0.2) is 23.9 Å². The number of para-hydroxylation sites is 1. The Morgan fingerprint density at radius 1 is 1.00 bits per heavy atom. The zero-order valence-electron chi connectivity index (χ0n) is 17.0. The number of aliphatic hydroxyl groups excluding tert-OH is 1. The number of carbonyl (C=O) groups excluding carboxylic acids is 2. The van der Waals surface area contributed by atoms with E-state index in [1.807, 2.05) is 55.5 Å². The van der Waals surface area contributed by atoms with E-state index >= 15 is 0 Å². The van der Waals surface area contributed by atoms with Gasteiger partial charge in [-0.3, -0.25) is 14.5 Å². The van der Waals surface area contributed by atoms with Gasteiger partial charge in [0.05, 0.1) is 23.7 Å². The number of hydrogen-bond acceptors (Lipinski definition) is 4. The number of benzene rings is 3. The fourth-order valence-electron chi connectivity index (χ4n) is 3.82. The summed E-state index contributed by atoms with van der Waals surface area (Å²) in [6, 6.07) is 20.4. The lowest BCUT2D eigenvalue weighted by Crippen LogP contribution is -2.30. The molecule has 1 amide bonds. The predicted molar refractivity (Wildman–Crippen MR) is 120 cm³/mol. The van der Waals surface area contributed by atoms with E-state index in [1.165, 1.54) is 12.0 Å². The number of halogens is 1. The molecule has 6 heteroatoms. The van der Waals surface area contributed by atoms with Gasteiger partial charge in [-0.05, 0) is 42.3 Å². The van der Waals surface area contributed by atoms with Gasteiger partial charge in [0.1, 0.15) is 11.5 Å². The van der Waals surface area contributed by atoms with Gasteiger partial charge in [-0.1, -0.05) is 60.1 Å². The van der Waals surface area contributed by atoms with Crippen LogP contribution >= 0.6 is 11.6 Å². The monoisotopic (exact) mass is 433 g/mol. The standard InChI is InChI=1S/C25H20ClNO4/c1-15-8-6-7-11-20(15)27-22(16-9-4-3-5-10-16)21(24(29)25(27)30)23(28)18-14-17(31-2)12-13-19(18)26/h3-14,22,28H,1-2H3/b23-21+. The first-order valence-corrected chi connectivity index (χ1v) is 10.1. The fourth-order valence-corrected chi connectivity index (χ4v) is 4.03. The maximum Gasteiger partial charge on any atom is 0.300 e. The molecule has 0 aromatic heterocycles. The van der Waals surface area contributed by atoms with Crippen molar-refractivity contribution in [3.63, 3.8) is 0 Å². The van der Waals surface area contributed by atoms with Crippen LogP contribution in [0.25, 0.3) is 5.76 Å². The first-order valence-electron chi connectivity index (χ1n) is 9.69. The van der Waals surface area contributed by atoms with Crippen LogP contribution < -0.4 is 9.64 Å². The Labute approximate surface area is 185 Å². The molecule has 1 fully saturated rings. The Balaban J connectivity index is 1.99. The molecule has 0 saturated carbocycles. The Bertz CT molecular complexity index is 1200. The molecule has 1 N–H and O–H groups in total. The predicted octanol–water partition coefficient (Wildman–Crippen LogP) is 5.28. The minimum Gasteiger partial charge on any atom is -0.507 e. The summed E-state index contributed by atoms with van der Waals surface area (Å²) < 4.78 is 5.23. The summed E-state index contributed by atoms with van der Waals surface area (Å²) in [5, 5.41) is 11.5. The summed E-state index contributed by atoms with van der Waals surface area (Å²) in [6.45, 7) is 1.87. The topological polar surface area (TPSA) is 66.8 Å². The van der Waals surface area contributed by atoms with Crippen molar-refractivity contribution in [3.8, 4) is 5.75 Å². The molecule has 0 radical (unpaired) electrons. The molecule has 1 unspecified atom stereocenters. The van der Waals surface area contributed by atoms with Crippen molar-refractivity contribution >= 4 is 34.7 Å². The quantitative estimate of drug-likeness (QED) is 0.345. The highest BCUT2D eigenvalue weighted by Crippen LogP contribution is 2.44. The van der Waals surface area contributed by atoms with Crippen LogP contribution in [0.2, 0.25) is 5.02 Å². The molecule has 5 nitrogen and oxygen atoms in total. The van der Waals surface area contributed by atoms with Gasteiger partial charge in [-0.2, -0.15) is 0 Å². The van der Waals surface area contributed by atoms with Gasteiger partial charge in [-0.25, -0.2) is 0 Å². The van der Waals surface area contributed by atoms with Gasteiger partial charge >= 0.3 is 0 Å². The SMILES string of the molecule is COc1ccc(Cl)c(/C(O)=C2\C(=O)C(=O)N(c3ccccc3C)C2c2ccccc2)c1. The fraction of sp³-hybridized carbons (Fsp3) is 0.120. The number of methoxy groups -OCH3 is 1. The second-order valence-corrected chi connectivity index (χ2v) is 7.62. The van der Waals surface area contributed by atoms with E-state index in [0.717, 1.165) is 5.56 Å². The number of Topliss-reactive ketones (excluding diaryl/α,β-unsaturated/α-hetero) is 1. The highest BCUT2D eigenvalue weighted by atomic mass is 35.5. The van der Waals surface area contributed by atoms with Crippen LogP contribution in [0.1, 0.15) is 22.7 Å². The maximum absolute atomic E-state index is 13.2. The normalized spacial score (nSPS) is 17.8. The average Bonchev–Trinajstić information content (AvgIpc) is 3.05. The Hall–Kier alpha value is -3.57. The van der Waals surface area contributed by atoms with E-state index in [-0.39, 0.29) is 21.9 Å². The lowest BCUT2D eigenvalue weighted by atomic mass is 9.95. The molecule has 3 aromatic rings. The van der Waals surface area contributed by atoms with E-state index in [1.54, 1.807) is 24.3 Å². The summed E-state index contributed by atoms with van der Waals surface area (Å²) in [5.41, 5.74) is 2.35. The summed E-state index contributed by atoms with van der Waals surface area (Å²) in [5.74, 6) is -1.35. The van der Waals surface area contributed by atoms with Gasteiger partial charge in [0.25, 0.3) is 11.7 Å². The molecule has 31 heavy (non-hydrogen) atoms. The van der Waals surface area contributed by atoms with Crippen LogP contribution in [0.5, 0.6) is 5.75 Å². The molecular weight excluding hydrogens is 414 g/mol. The maximum atomic E-state index is 13.2. The van der Waals surface area contributed by atoms with Crippen molar-refractivity contribution in [2.45, 2.75) is 13.0 Å². The zero-order chi connectivity index (χ0) is 22.1. The number of aliphatic hydroxyl groups is 1. The molecular formula is C25H20ClNO4. The first-order chi connectivity index (χ1) is 14.9. The van der Waals surface area contributed by atoms with E-state index < -0.39 is 17.7 Å². The van der Waals surface area contributed by atoms with Crippen molar-refractivity contribution < 1.29 is 19.4 Å². The number of carbonyl (C=O) groups is 2. The van der Waals surface area contributed by atoms with E-state index in [9.17, 15) is 14.7 Å². The highest BCUT2D eigenvalue weighted by molar-refractivity contribution is 6.52. The minimum absolute atomic E-state index is 0.0189. The van der Waals surface area contributed by atoms with Crippen molar-refractivity contribution in [1.82, 2.24) is 0 Å². The molecule has 1 heterocycles. The van der Waals surface area contributed by atoms with Crippen LogP contribution in [-0.2, 0) is 9.59 Å². The van der Waals surface area contributed by atoms with E-state index in [0.29, 0.717) is 17.0 Å². The van der Waals surface area contributed by atoms with Gasteiger partial charge in [0.2, 0.25) is 0 Å². The number of ketones is 1. The highest BCUT2D eigenvalue weighted by Gasteiger charge is 2.47. The Kier molecular flexibility index (Phi) is 5.53. The number of aryl methyl sites for hydroxylation is 1. The van der Waals surface area contributed by atoms with E-state index in [4.69, 9.17) is 16.3 Å². The smallest absolute Gasteiger partial charge is 0.300 e. The Morgan fingerprint density at radius 2 is 1.68 bits per heavy atom. The Morgan fingerprint density at radius 3 is 2.35 bits per heavy atom. The number of anilines is 1. The third-order valence-electron chi connectivity index (χ3n) is 5.36. The van der Waals surface area contributed by atoms with Crippen molar-refractivity contribution in [1.29, 1.82) is 0 Å². The van der Waals surface area contributed by atoms with Gasteiger partial charge in [0, 0.05) is 11.3 Å².